The normalized spacial score (nSPS) is 12.2. The maximum atomic E-state index is 5.55. The smallest absolute Gasteiger partial charge is 0.0560 e. The fraction of sp³-hybridized carbons (Fsp3) is 1.00. The van der Waals surface area contributed by atoms with Crippen LogP contribution in [0.4, 0.5) is 0 Å². The van der Waals surface area contributed by atoms with Gasteiger partial charge in [-0.25, -0.2) is 0 Å². The van der Waals surface area contributed by atoms with E-state index in [2.05, 4.69) is 45.3 Å². The summed E-state index contributed by atoms with van der Waals surface area (Å²) in [7, 11) is -0.777. The van der Waals surface area contributed by atoms with Crippen molar-refractivity contribution < 1.29 is 4.74 Å². The van der Waals surface area contributed by atoms with Crippen LogP contribution in [0, 0.1) is 0 Å². The summed E-state index contributed by atoms with van der Waals surface area (Å²) >= 11 is 2.06. The lowest BCUT2D eigenvalue weighted by atomic mass is 10.1. The molecule has 25 heavy (non-hydrogen) atoms. The summed E-state index contributed by atoms with van der Waals surface area (Å²) in [5, 5.41) is 0. The van der Waals surface area contributed by atoms with E-state index in [4.69, 9.17) is 4.74 Å². The first-order valence-electron chi connectivity index (χ1n) is 11.1. The molecule has 0 N–H and O–H groups in total. The summed E-state index contributed by atoms with van der Waals surface area (Å²) in [6, 6.07) is 1.53. The first kappa shape index (κ1) is 25.5. The van der Waals surface area contributed by atoms with Gasteiger partial charge in [-0.2, -0.15) is 11.8 Å². The maximum absolute atomic E-state index is 5.55. The van der Waals surface area contributed by atoms with Crippen molar-refractivity contribution in [3.05, 3.63) is 0 Å². The van der Waals surface area contributed by atoms with Crippen molar-refractivity contribution >= 4 is 19.8 Å². The van der Waals surface area contributed by atoms with Crippen molar-refractivity contribution in [2.45, 2.75) is 123 Å². The Morgan fingerprint density at radius 3 is 1.52 bits per heavy atom. The lowest BCUT2D eigenvalue weighted by Crippen LogP contribution is -2.18. The Bertz CT molecular complexity index is 263. The lowest BCUT2D eigenvalue weighted by Gasteiger charge is -2.14. The SMILES string of the molecule is CC(C)OCCSCCCCCCCCCCCCCC[Si](C)(C)C. The van der Waals surface area contributed by atoms with E-state index in [1.54, 1.807) is 0 Å². The molecule has 0 atom stereocenters. The highest BCUT2D eigenvalue weighted by Crippen LogP contribution is 2.16. The van der Waals surface area contributed by atoms with Crippen molar-refractivity contribution in [2.24, 2.45) is 0 Å². The van der Waals surface area contributed by atoms with Crippen molar-refractivity contribution in [1.29, 1.82) is 0 Å². The van der Waals surface area contributed by atoms with Gasteiger partial charge in [-0.1, -0.05) is 96.3 Å². The van der Waals surface area contributed by atoms with E-state index >= 15 is 0 Å². The van der Waals surface area contributed by atoms with Crippen LogP contribution in [0.1, 0.15) is 90.9 Å². The van der Waals surface area contributed by atoms with E-state index in [9.17, 15) is 0 Å². The maximum Gasteiger partial charge on any atom is 0.0560 e. The summed E-state index contributed by atoms with van der Waals surface area (Å²) in [5.74, 6) is 2.48. The highest BCUT2D eigenvalue weighted by atomic mass is 32.2. The van der Waals surface area contributed by atoms with Crippen LogP contribution in [-0.2, 0) is 4.74 Å². The molecule has 0 spiro atoms. The first-order valence-corrected chi connectivity index (χ1v) is 16.0. The number of ether oxygens (including phenoxy) is 1. The molecule has 0 aliphatic carbocycles. The Hall–Kier alpha value is 0.527. The van der Waals surface area contributed by atoms with Crippen LogP contribution in [0.5, 0.6) is 0 Å². The molecule has 0 heterocycles. The van der Waals surface area contributed by atoms with Gasteiger partial charge in [0.2, 0.25) is 0 Å². The molecular formula is C22H48OSSi. The molecule has 0 bridgehead atoms. The van der Waals surface area contributed by atoms with Crippen LogP contribution in [-0.4, -0.2) is 32.3 Å². The van der Waals surface area contributed by atoms with Crippen LogP contribution >= 0.6 is 11.8 Å². The van der Waals surface area contributed by atoms with Crippen LogP contribution in [0.3, 0.4) is 0 Å². The molecule has 1 nitrogen and oxygen atoms in total. The lowest BCUT2D eigenvalue weighted by molar-refractivity contribution is 0.0920. The predicted octanol–water partition coefficient (Wildman–Crippen LogP) is 8.16. The quantitative estimate of drug-likeness (QED) is 0.163. The van der Waals surface area contributed by atoms with Gasteiger partial charge in [-0.3, -0.25) is 0 Å². The molecule has 0 aromatic rings. The highest BCUT2D eigenvalue weighted by molar-refractivity contribution is 7.99. The molecule has 0 amide bonds. The van der Waals surface area contributed by atoms with Crippen molar-refractivity contribution in [3.8, 4) is 0 Å². The minimum absolute atomic E-state index is 0.385. The van der Waals surface area contributed by atoms with Crippen LogP contribution in [0.15, 0.2) is 0 Å². The Kier molecular flexibility index (Phi) is 18.3. The molecule has 0 fully saturated rings. The van der Waals surface area contributed by atoms with Crippen LogP contribution < -0.4 is 0 Å². The van der Waals surface area contributed by atoms with Gasteiger partial charge in [-0.15, -0.1) is 0 Å². The summed E-state index contributed by atoms with van der Waals surface area (Å²) in [5.41, 5.74) is 0. The van der Waals surface area contributed by atoms with Crippen LogP contribution in [0.25, 0.3) is 0 Å². The predicted molar refractivity (Wildman–Crippen MR) is 122 cm³/mol. The zero-order valence-electron chi connectivity index (χ0n) is 18.2. The standard InChI is InChI=1S/C22H48OSSi/c1-22(2)23-18-20-24-19-16-14-12-10-8-6-7-9-11-13-15-17-21-25(3,4)5/h22H,6-21H2,1-5H3. The van der Waals surface area contributed by atoms with Crippen molar-refractivity contribution in [1.82, 2.24) is 0 Å². The summed E-state index contributed by atoms with van der Waals surface area (Å²) in [4.78, 5) is 0. The van der Waals surface area contributed by atoms with E-state index in [1.807, 2.05) is 0 Å². The number of unbranched alkanes of at least 4 members (excludes halogenated alkanes) is 11. The van der Waals surface area contributed by atoms with Crippen LogP contribution in [0.2, 0.25) is 25.7 Å². The third kappa shape index (κ3) is 24.5. The summed E-state index contributed by atoms with van der Waals surface area (Å²) in [6.45, 7) is 12.6. The van der Waals surface area contributed by atoms with E-state index in [0.29, 0.717) is 6.10 Å². The Morgan fingerprint density at radius 2 is 1.08 bits per heavy atom. The second-order valence-corrected chi connectivity index (χ2v) is 15.9. The monoisotopic (exact) mass is 388 g/mol. The van der Waals surface area contributed by atoms with E-state index in [1.165, 1.54) is 88.8 Å². The van der Waals surface area contributed by atoms with Gasteiger partial charge in [0.1, 0.15) is 0 Å². The van der Waals surface area contributed by atoms with Gasteiger partial charge in [0.05, 0.1) is 12.7 Å². The molecule has 0 rings (SSSR count). The molecule has 0 aromatic heterocycles. The molecular weight excluding hydrogens is 340 g/mol. The molecule has 0 aromatic carbocycles. The first-order chi connectivity index (χ1) is 11.9. The Balaban J connectivity index is 3.03. The van der Waals surface area contributed by atoms with Gasteiger partial charge >= 0.3 is 0 Å². The third-order valence-corrected chi connectivity index (χ3v) is 7.53. The molecule has 0 unspecified atom stereocenters. The number of thioether (sulfide) groups is 1. The van der Waals surface area contributed by atoms with E-state index < -0.39 is 8.07 Å². The van der Waals surface area contributed by atoms with Gasteiger partial charge < -0.3 is 4.74 Å². The van der Waals surface area contributed by atoms with Gasteiger partial charge in [0.25, 0.3) is 0 Å². The fourth-order valence-electron chi connectivity index (χ4n) is 3.07. The van der Waals surface area contributed by atoms with E-state index in [0.717, 1.165) is 12.4 Å². The number of rotatable bonds is 19. The third-order valence-electron chi connectivity index (χ3n) is 4.64. The number of hydrogen-bond acceptors (Lipinski definition) is 2. The minimum atomic E-state index is -0.777. The number of hydrogen-bond donors (Lipinski definition) is 0. The second-order valence-electron chi connectivity index (χ2n) is 9.09. The largest absolute Gasteiger partial charge is 0.378 e. The second kappa shape index (κ2) is 17.9. The summed E-state index contributed by atoms with van der Waals surface area (Å²) < 4.78 is 5.55. The molecule has 0 aliphatic rings. The molecule has 0 aliphatic heterocycles. The molecule has 0 saturated heterocycles. The average Bonchev–Trinajstić information content (AvgIpc) is 2.52. The van der Waals surface area contributed by atoms with Crippen molar-refractivity contribution in [3.63, 3.8) is 0 Å². The van der Waals surface area contributed by atoms with Gasteiger partial charge in [0, 0.05) is 13.8 Å². The highest BCUT2D eigenvalue weighted by Gasteiger charge is 2.11. The molecule has 3 heteroatoms. The molecule has 0 saturated carbocycles. The Morgan fingerprint density at radius 1 is 0.640 bits per heavy atom. The van der Waals surface area contributed by atoms with Gasteiger partial charge in [0.15, 0.2) is 0 Å². The summed E-state index contributed by atoms with van der Waals surface area (Å²) in [6.07, 6.45) is 17.9. The van der Waals surface area contributed by atoms with Crippen molar-refractivity contribution in [2.75, 3.05) is 18.1 Å². The van der Waals surface area contributed by atoms with Gasteiger partial charge in [-0.05, 0) is 26.0 Å². The average molecular weight is 389 g/mol. The minimum Gasteiger partial charge on any atom is -0.378 e. The van der Waals surface area contributed by atoms with E-state index in [-0.39, 0.29) is 0 Å². The Labute approximate surface area is 165 Å². The molecule has 152 valence electrons. The fourth-order valence-corrected chi connectivity index (χ4v) is 5.21. The topological polar surface area (TPSA) is 9.23 Å². The molecule has 0 radical (unpaired) electrons. The zero-order valence-corrected chi connectivity index (χ0v) is 20.0. The zero-order chi connectivity index (χ0) is 18.8.